The molecule has 0 saturated heterocycles. The summed E-state index contributed by atoms with van der Waals surface area (Å²) in [5.41, 5.74) is 0. The Balaban J connectivity index is 4.45. The van der Waals surface area contributed by atoms with Gasteiger partial charge in [-0.15, -0.1) is 0 Å². The molecule has 0 heterocycles. The van der Waals surface area contributed by atoms with E-state index in [0.29, 0.717) is 12.8 Å². The molecule has 0 aliphatic carbocycles. The predicted octanol–water partition coefficient (Wildman–Crippen LogP) is 14.9. The molecule has 0 N–H and O–H groups in total. The van der Waals surface area contributed by atoms with Crippen LogP contribution in [0.5, 0.6) is 0 Å². The monoisotopic (exact) mass is 793 g/mol. The van der Waals surface area contributed by atoms with Crippen LogP contribution in [0.4, 0.5) is 0 Å². The molecule has 0 radical (unpaired) electrons. The Kier molecular flexibility index (Phi) is 42.6. The maximum Gasteiger partial charge on any atom is 0.309 e. The molecular formula is C51H84O6. The summed E-state index contributed by atoms with van der Waals surface area (Å²) < 4.78 is 16.6. The highest BCUT2D eigenvalue weighted by Gasteiger charge is 2.19. The van der Waals surface area contributed by atoms with Gasteiger partial charge in [-0.1, -0.05) is 183 Å². The molecule has 1 atom stereocenters. The number of esters is 3. The first kappa shape index (κ1) is 53.6. The Labute approximate surface area is 350 Å². The van der Waals surface area contributed by atoms with Gasteiger partial charge in [0.25, 0.3) is 0 Å². The predicted molar refractivity (Wildman–Crippen MR) is 242 cm³/mol. The minimum Gasteiger partial charge on any atom is -0.462 e. The van der Waals surface area contributed by atoms with Crippen LogP contribution in [0.1, 0.15) is 201 Å². The van der Waals surface area contributed by atoms with Gasteiger partial charge in [-0.2, -0.15) is 0 Å². The van der Waals surface area contributed by atoms with Gasteiger partial charge in [0.2, 0.25) is 0 Å². The summed E-state index contributed by atoms with van der Waals surface area (Å²) in [5.74, 6) is -1.08. The van der Waals surface area contributed by atoms with Gasteiger partial charge in [-0.05, 0) is 83.5 Å². The van der Waals surface area contributed by atoms with E-state index in [-0.39, 0.29) is 31.6 Å². The molecule has 0 rings (SSSR count). The SMILES string of the molecule is CC/C=C\C/C=C\C/C=C\CC(=O)OCC(COC(=O)CCCCCCC\C=C/C=C\C=C/CCCCCCC)OC(=O)CCCCCCC/C=C\CCCCC. The molecule has 1 unspecified atom stereocenters. The van der Waals surface area contributed by atoms with Crippen molar-refractivity contribution in [1.82, 2.24) is 0 Å². The molecule has 57 heavy (non-hydrogen) atoms. The molecule has 0 aromatic rings. The number of unbranched alkanes of at least 4 members (excludes halogenated alkanes) is 18. The van der Waals surface area contributed by atoms with Crippen LogP contribution in [0.15, 0.2) is 85.1 Å². The average Bonchev–Trinajstić information content (AvgIpc) is 3.21. The van der Waals surface area contributed by atoms with Gasteiger partial charge in [-0.3, -0.25) is 14.4 Å². The molecule has 0 aromatic heterocycles. The molecule has 6 nitrogen and oxygen atoms in total. The van der Waals surface area contributed by atoms with Crippen molar-refractivity contribution in [1.29, 1.82) is 0 Å². The Bertz CT molecular complexity index is 1140. The standard InChI is InChI=1S/C51H84O6/c1-4-7-10-13-16-19-21-23-24-25-26-27-28-30-32-35-38-41-44-50(53)56-47-48(46-55-49(52)43-40-37-34-31-18-15-12-9-6-3)57-51(54)45-42-39-36-33-29-22-20-17-14-11-8-5-2/h9,12,17-18,20-21,23-27,31,37,40,48H,4-8,10-11,13-16,19,22,28-30,32-36,38-39,41-47H2,1-3H3/b12-9-,20-17-,23-21-,25-24-,27-26-,31-18-,40-37-. The van der Waals surface area contributed by atoms with E-state index in [4.69, 9.17) is 14.2 Å². The van der Waals surface area contributed by atoms with Gasteiger partial charge >= 0.3 is 17.9 Å². The maximum atomic E-state index is 12.7. The van der Waals surface area contributed by atoms with Crippen LogP contribution in [-0.4, -0.2) is 37.2 Å². The van der Waals surface area contributed by atoms with Gasteiger partial charge in [-0.25, -0.2) is 0 Å². The lowest BCUT2D eigenvalue weighted by Gasteiger charge is -2.18. The number of ether oxygens (including phenoxy) is 3. The number of allylic oxidation sites excluding steroid dienone is 13. The van der Waals surface area contributed by atoms with Crippen LogP contribution >= 0.6 is 0 Å². The molecule has 0 saturated carbocycles. The van der Waals surface area contributed by atoms with Crippen molar-refractivity contribution in [3.05, 3.63) is 85.1 Å². The highest BCUT2D eigenvalue weighted by molar-refractivity contribution is 5.72. The third-order valence-corrected chi connectivity index (χ3v) is 9.45. The second-order valence-corrected chi connectivity index (χ2v) is 15.0. The molecule has 6 heteroatoms. The van der Waals surface area contributed by atoms with Gasteiger partial charge < -0.3 is 14.2 Å². The van der Waals surface area contributed by atoms with Crippen LogP contribution in [0.25, 0.3) is 0 Å². The van der Waals surface area contributed by atoms with E-state index in [1.54, 1.807) is 6.08 Å². The molecule has 0 bridgehead atoms. The van der Waals surface area contributed by atoms with Crippen LogP contribution < -0.4 is 0 Å². The first-order valence-corrected chi connectivity index (χ1v) is 23.1. The Morgan fingerprint density at radius 1 is 0.404 bits per heavy atom. The molecule has 0 spiro atoms. The normalized spacial score (nSPS) is 12.8. The zero-order valence-corrected chi connectivity index (χ0v) is 36.8. The van der Waals surface area contributed by atoms with Crippen LogP contribution in [0, 0.1) is 0 Å². The smallest absolute Gasteiger partial charge is 0.309 e. The van der Waals surface area contributed by atoms with E-state index < -0.39 is 12.1 Å². The van der Waals surface area contributed by atoms with E-state index in [1.807, 2.05) is 6.08 Å². The van der Waals surface area contributed by atoms with Crippen molar-refractivity contribution < 1.29 is 28.6 Å². The highest BCUT2D eigenvalue weighted by Crippen LogP contribution is 2.12. The number of hydrogen-bond donors (Lipinski definition) is 0. The van der Waals surface area contributed by atoms with E-state index >= 15 is 0 Å². The van der Waals surface area contributed by atoms with Crippen molar-refractivity contribution in [3.8, 4) is 0 Å². The van der Waals surface area contributed by atoms with Crippen LogP contribution in [-0.2, 0) is 28.6 Å². The van der Waals surface area contributed by atoms with Crippen molar-refractivity contribution in [2.75, 3.05) is 13.2 Å². The topological polar surface area (TPSA) is 78.9 Å². The number of rotatable bonds is 40. The summed E-state index contributed by atoms with van der Waals surface area (Å²) in [5, 5.41) is 0. The lowest BCUT2D eigenvalue weighted by Crippen LogP contribution is -2.30. The zero-order valence-electron chi connectivity index (χ0n) is 36.8. The maximum absolute atomic E-state index is 12.7. The summed E-state index contributed by atoms with van der Waals surface area (Å²) >= 11 is 0. The number of carbonyl (C=O) groups is 3. The van der Waals surface area contributed by atoms with E-state index in [0.717, 1.165) is 96.3 Å². The molecule has 324 valence electrons. The molecule has 0 amide bonds. The van der Waals surface area contributed by atoms with Crippen LogP contribution in [0.3, 0.4) is 0 Å². The van der Waals surface area contributed by atoms with Gasteiger partial charge in [0, 0.05) is 12.8 Å². The lowest BCUT2D eigenvalue weighted by atomic mass is 10.1. The first-order valence-electron chi connectivity index (χ1n) is 23.1. The summed E-state index contributed by atoms with van der Waals surface area (Å²) in [6, 6.07) is 0. The summed E-state index contributed by atoms with van der Waals surface area (Å²) in [6.07, 6.45) is 57.4. The molecule has 0 aliphatic rings. The fraction of sp³-hybridized carbons (Fsp3) is 0.667. The fourth-order valence-electron chi connectivity index (χ4n) is 5.97. The largest absolute Gasteiger partial charge is 0.462 e. The minimum absolute atomic E-state index is 0.119. The molecule has 0 aliphatic heterocycles. The second-order valence-electron chi connectivity index (χ2n) is 15.0. The van der Waals surface area contributed by atoms with Gasteiger partial charge in [0.15, 0.2) is 6.10 Å². The molecule has 0 fully saturated rings. The highest BCUT2D eigenvalue weighted by atomic mass is 16.6. The number of carbonyl (C=O) groups excluding carboxylic acids is 3. The third kappa shape index (κ3) is 43.6. The Morgan fingerprint density at radius 2 is 0.825 bits per heavy atom. The summed E-state index contributed by atoms with van der Waals surface area (Å²) in [4.78, 5) is 37.6. The van der Waals surface area contributed by atoms with Crippen molar-refractivity contribution >= 4 is 17.9 Å². The summed E-state index contributed by atoms with van der Waals surface area (Å²) in [7, 11) is 0. The van der Waals surface area contributed by atoms with Gasteiger partial charge in [0.1, 0.15) is 13.2 Å². The summed E-state index contributed by atoms with van der Waals surface area (Å²) in [6.45, 7) is 6.33. The van der Waals surface area contributed by atoms with Crippen molar-refractivity contribution in [3.63, 3.8) is 0 Å². The van der Waals surface area contributed by atoms with E-state index in [1.165, 1.54) is 64.2 Å². The Hall–Kier alpha value is -3.41. The average molecular weight is 793 g/mol. The lowest BCUT2D eigenvalue weighted by molar-refractivity contribution is -0.166. The van der Waals surface area contributed by atoms with E-state index in [2.05, 4.69) is 93.7 Å². The zero-order chi connectivity index (χ0) is 41.5. The Morgan fingerprint density at radius 3 is 1.39 bits per heavy atom. The molecular weight excluding hydrogens is 709 g/mol. The third-order valence-electron chi connectivity index (χ3n) is 9.45. The second kappa shape index (κ2) is 45.3. The first-order chi connectivity index (χ1) is 28.0. The number of hydrogen-bond acceptors (Lipinski definition) is 6. The van der Waals surface area contributed by atoms with Gasteiger partial charge in [0.05, 0.1) is 6.42 Å². The molecule has 0 aromatic carbocycles. The van der Waals surface area contributed by atoms with Crippen molar-refractivity contribution in [2.45, 2.75) is 207 Å². The fourth-order valence-corrected chi connectivity index (χ4v) is 5.97. The minimum atomic E-state index is -0.822. The quantitative estimate of drug-likeness (QED) is 0.0202. The van der Waals surface area contributed by atoms with E-state index in [9.17, 15) is 14.4 Å². The van der Waals surface area contributed by atoms with Crippen LogP contribution in [0.2, 0.25) is 0 Å². The van der Waals surface area contributed by atoms with Crippen molar-refractivity contribution in [2.24, 2.45) is 0 Å².